The van der Waals surface area contributed by atoms with Gasteiger partial charge in [-0.05, 0) is 113 Å². The number of carbonyl (C=O) groups is 1. The van der Waals surface area contributed by atoms with Gasteiger partial charge in [-0.1, -0.05) is 48.5 Å². The molecule has 0 N–H and O–H groups in total. The summed E-state index contributed by atoms with van der Waals surface area (Å²) < 4.78 is 0. The molecule has 3 heteroatoms. The van der Waals surface area contributed by atoms with Crippen molar-refractivity contribution in [3.8, 4) is 6.07 Å². The lowest BCUT2D eigenvalue weighted by molar-refractivity contribution is 0.103. The molecule has 0 amide bonds. The molecule has 0 spiro atoms. The number of benzene rings is 5. The number of ketones is 1. The van der Waals surface area contributed by atoms with Crippen molar-refractivity contribution in [2.75, 3.05) is 4.90 Å². The van der Waals surface area contributed by atoms with Crippen LogP contribution in [0.1, 0.15) is 54.9 Å². The van der Waals surface area contributed by atoms with E-state index in [1.807, 2.05) is 18.2 Å². The summed E-state index contributed by atoms with van der Waals surface area (Å²) >= 11 is 0. The number of nitrogens with zero attached hydrogens (tertiary/aromatic N) is 2. The number of nitriles is 1. The van der Waals surface area contributed by atoms with Crippen molar-refractivity contribution >= 4 is 22.8 Å². The van der Waals surface area contributed by atoms with Gasteiger partial charge in [-0.25, -0.2) is 0 Å². The zero-order chi connectivity index (χ0) is 25.6. The minimum atomic E-state index is 0.0658. The Balaban J connectivity index is 1.27. The van der Waals surface area contributed by atoms with Gasteiger partial charge in [0.05, 0.1) is 11.6 Å². The number of hydrogen-bond acceptors (Lipinski definition) is 3. The molecule has 180 valence electrons. The summed E-state index contributed by atoms with van der Waals surface area (Å²) in [5.74, 6) is 0.0658. The van der Waals surface area contributed by atoms with E-state index in [0.29, 0.717) is 12.0 Å². The maximum absolute atomic E-state index is 13.3. The van der Waals surface area contributed by atoms with Gasteiger partial charge >= 0.3 is 0 Å². The van der Waals surface area contributed by atoms with Gasteiger partial charge in [0.1, 0.15) is 0 Å². The molecule has 0 unspecified atom stereocenters. The Bertz CT molecular complexity index is 1720. The van der Waals surface area contributed by atoms with Crippen molar-refractivity contribution in [2.24, 2.45) is 0 Å². The largest absolute Gasteiger partial charge is 0.310 e. The SMILES string of the molecule is N#Cc1ccc2c(c1)Cc1cc3c(cc1C2=O)Cc1ccc(N(c2ccccc2)c2ccccc2)cc1C3. The molecule has 0 fully saturated rings. The maximum Gasteiger partial charge on any atom is 0.193 e. The number of fused-ring (bicyclic) bond motifs is 4. The number of carbonyl (C=O) groups excluding carboxylic acids is 1. The summed E-state index contributed by atoms with van der Waals surface area (Å²) in [5, 5.41) is 9.32. The third-order valence-electron chi connectivity index (χ3n) is 7.77. The zero-order valence-electron chi connectivity index (χ0n) is 20.8. The van der Waals surface area contributed by atoms with Gasteiger partial charge < -0.3 is 4.90 Å². The highest BCUT2D eigenvalue weighted by molar-refractivity contribution is 6.12. The topological polar surface area (TPSA) is 44.1 Å². The molecule has 5 aromatic rings. The second-order valence-corrected chi connectivity index (χ2v) is 10.1. The Kier molecular flexibility index (Phi) is 5.20. The van der Waals surface area contributed by atoms with Gasteiger partial charge in [-0.2, -0.15) is 5.26 Å². The van der Waals surface area contributed by atoms with Gasteiger partial charge in [0.25, 0.3) is 0 Å². The highest BCUT2D eigenvalue weighted by atomic mass is 16.1. The van der Waals surface area contributed by atoms with Crippen LogP contribution in [0.5, 0.6) is 0 Å². The monoisotopic (exact) mass is 488 g/mol. The van der Waals surface area contributed by atoms with Crippen LogP contribution in [0.25, 0.3) is 0 Å². The van der Waals surface area contributed by atoms with Crippen molar-refractivity contribution in [3.63, 3.8) is 0 Å². The van der Waals surface area contributed by atoms with Crippen LogP contribution in [0.3, 0.4) is 0 Å². The Morgan fingerprint density at radius 3 is 1.84 bits per heavy atom. The van der Waals surface area contributed by atoms with Crippen LogP contribution in [0, 0.1) is 11.3 Å². The van der Waals surface area contributed by atoms with Crippen molar-refractivity contribution < 1.29 is 4.79 Å². The third kappa shape index (κ3) is 3.70. The average Bonchev–Trinajstić information content (AvgIpc) is 2.96. The Hall–Kier alpha value is -4.94. The fourth-order valence-electron chi connectivity index (χ4n) is 5.91. The van der Waals surface area contributed by atoms with Crippen molar-refractivity contribution in [1.82, 2.24) is 0 Å². The number of rotatable bonds is 3. The molecule has 2 aliphatic carbocycles. The van der Waals surface area contributed by atoms with Crippen molar-refractivity contribution in [2.45, 2.75) is 19.3 Å². The zero-order valence-corrected chi connectivity index (χ0v) is 20.8. The average molecular weight is 489 g/mol. The lowest BCUT2D eigenvalue weighted by Gasteiger charge is -2.28. The summed E-state index contributed by atoms with van der Waals surface area (Å²) in [6.45, 7) is 0. The molecule has 3 nitrogen and oxygen atoms in total. The second kappa shape index (κ2) is 8.87. The lowest BCUT2D eigenvalue weighted by Crippen LogP contribution is -2.18. The Labute approximate surface area is 222 Å². The third-order valence-corrected chi connectivity index (χ3v) is 7.77. The van der Waals surface area contributed by atoms with Crippen LogP contribution >= 0.6 is 0 Å². The minimum absolute atomic E-state index is 0.0658. The molecule has 0 saturated carbocycles. The summed E-state index contributed by atoms with van der Waals surface area (Å²) in [6.07, 6.45) is 2.34. The first-order valence-electron chi connectivity index (χ1n) is 12.9. The molecule has 0 aromatic heterocycles. The maximum atomic E-state index is 13.3. The van der Waals surface area contributed by atoms with E-state index in [-0.39, 0.29) is 5.78 Å². The molecule has 0 atom stereocenters. The first-order valence-corrected chi connectivity index (χ1v) is 12.9. The number of para-hydroxylation sites is 2. The quantitative estimate of drug-likeness (QED) is 0.256. The molecule has 0 aliphatic heterocycles. The van der Waals surface area contributed by atoms with Crippen LogP contribution in [0.15, 0.2) is 109 Å². The molecule has 38 heavy (non-hydrogen) atoms. The van der Waals surface area contributed by atoms with Crippen LogP contribution in [-0.4, -0.2) is 5.78 Å². The first kappa shape index (κ1) is 22.3. The van der Waals surface area contributed by atoms with E-state index in [0.717, 1.165) is 52.2 Å². The van der Waals surface area contributed by atoms with Gasteiger partial charge in [0.2, 0.25) is 0 Å². The summed E-state index contributed by atoms with van der Waals surface area (Å²) in [7, 11) is 0. The molecule has 0 heterocycles. The fourth-order valence-corrected chi connectivity index (χ4v) is 5.91. The Morgan fingerprint density at radius 1 is 0.526 bits per heavy atom. The lowest BCUT2D eigenvalue weighted by atomic mass is 9.78. The smallest absolute Gasteiger partial charge is 0.193 e. The Morgan fingerprint density at radius 2 is 1.13 bits per heavy atom. The standard InChI is InChI=1S/C35H24N2O/c36-22-23-11-14-33-28(15-23)19-29-18-25-17-26-20-32(13-12-24(26)16-27(25)21-34(29)35(33)38)37(30-7-3-1-4-8-30)31-9-5-2-6-10-31/h1-15,18,20-21H,16-17,19H2. The van der Waals surface area contributed by atoms with Crippen LogP contribution in [0.2, 0.25) is 0 Å². The molecule has 0 bridgehead atoms. The van der Waals surface area contributed by atoms with E-state index < -0.39 is 0 Å². The molecule has 7 rings (SSSR count). The normalized spacial score (nSPS) is 13.0. The van der Waals surface area contributed by atoms with E-state index in [9.17, 15) is 10.1 Å². The molecule has 0 saturated heterocycles. The summed E-state index contributed by atoms with van der Waals surface area (Å²) in [5.41, 5.74) is 12.7. The van der Waals surface area contributed by atoms with Crippen LogP contribution in [-0.2, 0) is 19.3 Å². The highest BCUT2D eigenvalue weighted by Crippen LogP contribution is 2.39. The summed E-state index contributed by atoms with van der Waals surface area (Å²) in [6, 6.07) is 39.6. The second-order valence-electron chi connectivity index (χ2n) is 10.1. The van der Waals surface area contributed by atoms with Gasteiger partial charge in [0, 0.05) is 28.2 Å². The predicted octanol–water partition coefficient (Wildman–Crippen LogP) is 7.66. The molecular formula is C35H24N2O. The predicted molar refractivity (Wildman–Crippen MR) is 151 cm³/mol. The van der Waals surface area contributed by atoms with E-state index >= 15 is 0 Å². The van der Waals surface area contributed by atoms with Crippen LogP contribution < -0.4 is 4.90 Å². The molecular weight excluding hydrogens is 464 g/mol. The highest BCUT2D eigenvalue weighted by Gasteiger charge is 2.27. The van der Waals surface area contributed by atoms with Crippen molar-refractivity contribution in [1.29, 1.82) is 5.26 Å². The molecule has 0 radical (unpaired) electrons. The molecule has 2 aliphatic rings. The number of hydrogen-bond donors (Lipinski definition) is 0. The molecule has 5 aromatic carbocycles. The summed E-state index contributed by atoms with van der Waals surface area (Å²) in [4.78, 5) is 15.6. The van der Waals surface area contributed by atoms with Crippen molar-refractivity contribution in [3.05, 3.63) is 159 Å². The minimum Gasteiger partial charge on any atom is -0.310 e. The van der Waals surface area contributed by atoms with E-state index in [4.69, 9.17) is 0 Å². The van der Waals surface area contributed by atoms with E-state index in [1.165, 1.54) is 22.3 Å². The van der Waals surface area contributed by atoms with E-state index in [1.54, 1.807) is 12.1 Å². The number of anilines is 3. The van der Waals surface area contributed by atoms with Gasteiger partial charge in [0.15, 0.2) is 5.78 Å². The van der Waals surface area contributed by atoms with Gasteiger partial charge in [-0.15, -0.1) is 0 Å². The van der Waals surface area contributed by atoms with E-state index in [2.05, 4.69) is 89.8 Å². The van der Waals surface area contributed by atoms with Crippen LogP contribution in [0.4, 0.5) is 17.1 Å². The fraction of sp³-hybridized carbons (Fsp3) is 0.0857. The van der Waals surface area contributed by atoms with Gasteiger partial charge in [-0.3, -0.25) is 4.79 Å². The first-order chi connectivity index (χ1) is 18.7.